The second-order valence-corrected chi connectivity index (χ2v) is 4.22. The molecule has 0 atom stereocenters. The molecule has 1 aromatic carbocycles. The first-order chi connectivity index (χ1) is 9.77. The predicted molar refractivity (Wildman–Crippen MR) is 68.6 cm³/mol. The number of hydrogen-bond acceptors (Lipinski definition) is 3. The molecule has 1 N–H and O–H groups in total. The van der Waals surface area contributed by atoms with Crippen molar-refractivity contribution in [1.29, 1.82) is 0 Å². The van der Waals surface area contributed by atoms with Gasteiger partial charge in [-0.1, -0.05) is 12.1 Å². The summed E-state index contributed by atoms with van der Waals surface area (Å²) in [6, 6.07) is 4.71. The van der Waals surface area contributed by atoms with Crippen LogP contribution in [0.1, 0.15) is 33.3 Å². The molecule has 2 aromatic rings. The molecular weight excluding hydrogens is 287 g/mol. The van der Waals surface area contributed by atoms with Crippen LogP contribution < -0.4 is 0 Å². The van der Waals surface area contributed by atoms with Gasteiger partial charge in [-0.15, -0.1) is 0 Å². The van der Waals surface area contributed by atoms with Gasteiger partial charge in [0.15, 0.2) is 5.69 Å². The molecule has 0 saturated carbocycles. The molecule has 0 unspecified atom stereocenters. The van der Waals surface area contributed by atoms with E-state index in [0.717, 1.165) is 12.1 Å². The summed E-state index contributed by atoms with van der Waals surface area (Å²) in [6.45, 7) is 1.44. The Bertz CT molecular complexity index is 702. The van der Waals surface area contributed by atoms with Gasteiger partial charge in [0.2, 0.25) is 5.89 Å². The van der Waals surface area contributed by atoms with E-state index in [1.807, 2.05) is 0 Å². The molecule has 0 amide bonds. The minimum Gasteiger partial charge on any atom is -0.476 e. The fourth-order valence-corrected chi connectivity index (χ4v) is 1.67. The lowest BCUT2D eigenvalue weighted by Gasteiger charge is -2.06. The van der Waals surface area contributed by atoms with E-state index in [9.17, 15) is 18.0 Å². The second kappa shape index (κ2) is 5.43. The molecule has 0 bridgehead atoms. The number of carboxylic acids is 1. The molecule has 2 rings (SSSR count). The van der Waals surface area contributed by atoms with Crippen LogP contribution in [0.5, 0.6) is 0 Å². The Balaban J connectivity index is 2.26. The van der Waals surface area contributed by atoms with Crippen LogP contribution in [0.25, 0.3) is 12.2 Å². The Kier molecular flexibility index (Phi) is 3.84. The molecule has 0 aliphatic carbocycles. The van der Waals surface area contributed by atoms with Crippen molar-refractivity contribution in [1.82, 2.24) is 4.98 Å². The van der Waals surface area contributed by atoms with Gasteiger partial charge in [0.25, 0.3) is 0 Å². The zero-order valence-corrected chi connectivity index (χ0v) is 10.8. The summed E-state index contributed by atoms with van der Waals surface area (Å²) in [5.74, 6) is -1.08. The molecule has 0 saturated heterocycles. The third kappa shape index (κ3) is 3.50. The lowest BCUT2D eigenvalue weighted by Crippen LogP contribution is -2.04. The summed E-state index contributed by atoms with van der Waals surface area (Å²) >= 11 is 0. The fraction of sp³-hybridized carbons (Fsp3) is 0.143. The van der Waals surface area contributed by atoms with Crippen molar-refractivity contribution in [3.63, 3.8) is 0 Å². The number of rotatable bonds is 3. The highest BCUT2D eigenvalue weighted by molar-refractivity contribution is 5.86. The van der Waals surface area contributed by atoms with Crippen molar-refractivity contribution in [3.8, 4) is 0 Å². The number of aromatic nitrogens is 1. The first-order valence-electron chi connectivity index (χ1n) is 5.83. The van der Waals surface area contributed by atoms with Crippen molar-refractivity contribution >= 4 is 18.1 Å². The van der Waals surface area contributed by atoms with E-state index < -0.39 is 17.7 Å². The van der Waals surface area contributed by atoms with Crippen LogP contribution in [0.3, 0.4) is 0 Å². The molecule has 1 aromatic heterocycles. The van der Waals surface area contributed by atoms with Crippen molar-refractivity contribution in [3.05, 3.63) is 52.7 Å². The Morgan fingerprint density at radius 1 is 1.33 bits per heavy atom. The molecule has 0 aliphatic heterocycles. The van der Waals surface area contributed by atoms with Gasteiger partial charge in [-0.05, 0) is 30.7 Å². The normalized spacial score (nSPS) is 12.0. The van der Waals surface area contributed by atoms with Crippen molar-refractivity contribution in [2.75, 3.05) is 0 Å². The van der Waals surface area contributed by atoms with Crippen LogP contribution in [0.15, 0.2) is 28.7 Å². The Morgan fingerprint density at radius 3 is 2.62 bits per heavy atom. The van der Waals surface area contributed by atoms with E-state index in [2.05, 4.69) is 4.98 Å². The highest BCUT2D eigenvalue weighted by atomic mass is 19.4. The molecule has 0 radical (unpaired) electrons. The van der Waals surface area contributed by atoms with Gasteiger partial charge in [-0.25, -0.2) is 9.78 Å². The molecule has 4 nitrogen and oxygen atoms in total. The van der Waals surface area contributed by atoms with Crippen molar-refractivity contribution < 1.29 is 27.5 Å². The average Bonchev–Trinajstić information content (AvgIpc) is 2.77. The number of aryl methyl sites for hydroxylation is 1. The molecule has 1 heterocycles. The lowest BCUT2D eigenvalue weighted by molar-refractivity contribution is -0.137. The molecule has 0 spiro atoms. The van der Waals surface area contributed by atoms with Crippen LogP contribution >= 0.6 is 0 Å². The molecule has 0 aliphatic rings. The third-order valence-corrected chi connectivity index (χ3v) is 2.65. The molecule has 21 heavy (non-hydrogen) atoms. The molecular formula is C14H10F3NO3. The Morgan fingerprint density at radius 2 is 2.05 bits per heavy atom. The SMILES string of the molecule is Cc1oc(C=Cc2cccc(C(F)(F)F)c2)nc1C(=O)O. The van der Waals surface area contributed by atoms with E-state index in [1.54, 1.807) is 0 Å². The summed E-state index contributed by atoms with van der Waals surface area (Å²) in [5, 5.41) is 8.82. The second-order valence-electron chi connectivity index (χ2n) is 4.22. The number of nitrogens with zero attached hydrogens (tertiary/aromatic N) is 1. The summed E-state index contributed by atoms with van der Waals surface area (Å²) in [6.07, 6.45) is -1.74. The van der Waals surface area contributed by atoms with Crippen LogP contribution in [-0.2, 0) is 6.18 Å². The Labute approximate surface area is 117 Å². The molecule has 7 heteroatoms. The fourth-order valence-electron chi connectivity index (χ4n) is 1.67. The quantitative estimate of drug-likeness (QED) is 0.934. The van der Waals surface area contributed by atoms with Gasteiger partial charge in [0.05, 0.1) is 5.56 Å². The number of hydrogen-bond donors (Lipinski definition) is 1. The van der Waals surface area contributed by atoms with Gasteiger partial charge in [-0.3, -0.25) is 0 Å². The van der Waals surface area contributed by atoms with Crippen LogP contribution in [-0.4, -0.2) is 16.1 Å². The number of aromatic carboxylic acids is 1. The van der Waals surface area contributed by atoms with E-state index >= 15 is 0 Å². The van der Waals surface area contributed by atoms with E-state index in [1.165, 1.54) is 31.2 Å². The zero-order chi connectivity index (χ0) is 15.6. The number of carbonyl (C=O) groups is 1. The number of alkyl halides is 3. The summed E-state index contributed by atoms with van der Waals surface area (Å²) in [5.41, 5.74) is -0.685. The van der Waals surface area contributed by atoms with Crippen LogP contribution in [0, 0.1) is 6.92 Å². The summed E-state index contributed by atoms with van der Waals surface area (Å²) < 4.78 is 42.8. The first kappa shape index (κ1) is 14.8. The predicted octanol–water partition coefficient (Wildman–Crippen LogP) is 3.87. The van der Waals surface area contributed by atoms with Gasteiger partial charge in [0.1, 0.15) is 5.76 Å². The maximum Gasteiger partial charge on any atom is 0.416 e. The Hall–Kier alpha value is -2.57. The maximum atomic E-state index is 12.6. The largest absolute Gasteiger partial charge is 0.476 e. The minimum absolute atomic E-state index is 0.0160. The standard InChI is InChI=1S/C14H10F3NO3/c1-8-12(13(19)20)18-11(21-8)6-5-9-3-2-4-10(7-9)14(15,16)17/h2-7H,1H3,(H,19,20). The van der Waals surface area contributed by atoms with Gasteiger partial charge < -0.3 is 9.52 Å². The maximum absolute atomic E-state index is 12.6. The summed E-state index contributed by atoms with van der Waals surface area (Å²) in [4.78, 5) is 14.5. The van der Waals surface area contributed by atoms with Crippen molar-refractivity contribution in [2.24, 2.45) is 0 Å². The van der Waals surface area contributed by atoms with Crippen LogP contribution in [0.2, 0.25) is 0 Å². The minimum atomic E-state index is -4.42. The highest BCUT2D eigenvalue weighted by Crippen LogP contribution is 2.29. The third-order valence-electron chi connectivity index (χ3n) is 2.65. The smallest absolute Gasteiger partial charge is 0.416 e. The van der Waals surface area contributed by atoms with E-state index in [4.69, 9.17) is 9.52 Å². The zero-order valence-electron chi connectivity index (χ0n) is 10.8. The lowest BCUT2D eigenvalue weighted by atomic mass is 10.1. The highest BCUT2D eigenvalue weighted by Gasteiger charge is 2.30. The van der Waals surface area contributed by atoms with Crippen molar-refractivity contribution in [2.45, 2.75) is 13.1 Å². The number of carboxylic acid groups (broad SMARTS) is 1. The topological polar surface area (TPSA) is 63.3 Å². The molecule has 110 valence electrons. The monoisotopic (exact) mass is 297 g/mol. The first-order valence-corrected chi connectivity index (χ1v) is 5.83. The van der Waals surface area contributed by atoms with Gasteiger partial charge >= 0.3 is 12.1 Å². The number of halogens is 3. The average molecular weight is 297 g/mol. The number of benzene rings is 1. The molecule has 0 fully saturated rings. The van der Waals surface area contributed by atoms with Gasteiger partial charge in [-0.2, -0.15) is 13.2 Å². The van der Waals surface area contributed by atoms with E-state index in [-0.39, 0.29) is 17.3 Å². The number of oxazole rings is 1. The van der Waals surface area contributed by atoms with Crippen LogP contribution in [0.4, 0.5) is 13.2 Å². The van der Waals surface area contributed by atoms with Gasteiger partial charge in [0, 0.05) is 6.08 Å². The summed E-state index contributed by atoms with van der Waals surface area (Å²) in [7, 11) is 0. The van der Waals surface area contributed by atoms with E-state index in [0.29, 0.717) is 5.56 Å².